The van der Waals surface area contributed by atoms with Crippen LogP contribution in [-0.4, -0.2) is 45.2 Å². The van der Waals surface area contributed by atoms with E-state index in [1.165, 1.54) is 19.1 Å². The zero-order chi connectivity index (χ0) is 15.5. The minimum atomic E-state index is -2.92. The van der Waals surface area contributed by atoms with Gasteiger partial charge in [0.15, 0.2) is 0 Å². The van der Waals surface area contributed by atoms with Gasteiger partial charge in [-0.1, -0.05) is 19.3 Å². The molecule has 2 aliphatic rings. The van der Waals surface area contributed by atoms with E-state index in [0.717, 1.165) is 45.1 Å². The Labute approximate surface area is 129 Å². The van der Waals surface area contributed by atoms with Gasteiger partial charge in [-0.15, -0.1) is 0 Å². The van der Waals surface area contributed by atoms with E-state index in [1.807, 2.05) is 7.05 Å². The van der Waals surface area contributed by atoms with Crippen molar-refractivity contribution in [2.24, 2.45) is 5.92 Å². The summed E-state index contributed by atoms with van der Waals surface area (Å²) in [6.45, 7) is 2.80. The van der Waals surface area contributed by atoms with Crippen molar-refractivity contribution in [3.63, 3.8) is 0 Å². The lowest BCUT2D eigenvalue weighted by Crippen LogP contribution is -2.55. The molecule has 0 aromatic rings. The van der Waals surface area contributed by atoms with Gasteiger partial charge in [-0.3, -0.25) is 0 Å². The van der Waals surface area contributed by atoms with E-state index in [0.29, 0.717) is 5.92 Å². The highest BCUT2D eigenvalue weighted by Gasteiger charge is 2.46. The summed E-state index contributed by atoms with van der Waals surface area (Å²) in [5.74, 6) is 0.410. The van der Waals surface area contributed by atoms with Gasteiger partial charge in [-0.25, -0.2) is 8.42 Å². The number of likely N-dealkylation sites (N-methyl/N-ethyl adjacent to an activating group) is 1. The van der Waals surface area contributed by atoms with Crippen LogP contribution in [0.5, 0.6) is 0 Å². The molecule has 0 amide bonds. The van der Waals surface area contributed by atoms with Crippen LogP contribution in [0.3, 0.4) is 0 Å². The summed E-state index contributed by atoms with van der Waals surface area (Å²) >= 11 is 0. The molecule has 0 aliphatic heterocycles. The highest BCUT2D eigenvalue weighted by molar-refractivity contribution is 7.91. The molecule has 2 rings (SSSR count). The molecule has 2 aliphatic carbocycles. The number of hydrogen-bond acceptors (Lipinski definition) is 4. The summed E-state index contributed by atoms with van der Waals surface area (Å²) in [6, 6.07) is 0.282. The quantitative estimate of drug-likeness (QED) is 0.818. The Morgan fingerprint density at radius 2 is 1.90 bits per heavy atom. The van der Waals surface area contributed by atoms with Crippen LogP contribution < -0.4 is 5.32 Å². The second-order valence-corrected chi connectivity index (χ2v) is 9.18. The molecule has 0 aromatic carbocycles. The van der Waals surface area contributed by atoms with Crippen LogP contribution in [0, 0.1) is 5.92 Å². The van der Waals surface area contributed by atoms with Gasteiger partial charge in [0.25, 0.3) is 0 Å². The molecule has 3 atom stereocenters. The second kappa shape index (κ2) is 6.97. The molecule has 2 fully saturated rings. The summed E-state index contributed by atoms with van der Waals surface area (Å²) in [4.78, 5) is 0. The van der Waals surface area contributed by atoms with Gasteiger partial charge < -0.3 is 10.1 Å². The number of rotatable bonds is 6. The molecular weight excluding hydrogens is 286 g/mol. The normalized spacial score (nSPS) is 31.2. The van der Waals surface area contributed by atoms with Crippen molar-refractivity contribution < 1.29 is 13.2 Å². The van der Waals surface area contributed by atoms with Crippen molar-refractivity contribution in [2.75, 3.05) is 19.9 Å². The molecule has 3 unspecified atom stereocenters. The largest absolute Gasteiger partial charge is 0.374 e. The molecule has 0 bridgehead atoms. The molecule has 5 heteroatoms. The van der Waals surface area contributed by atoms with Gasteiger partial charge in [0.2, 0.25) is 0 Å². The Morgan fingerprint density at radius 3 is 2.43 bits per heavy atom. The van der Waals surface area contributed by atoms with E-state index >= 15 is 0 Å². The first-order valence-corrected chi connectivity index (χ1v) is 10.4. The predicted molar refractivity (Wildman–Crippen MR) is 86.3 cm³/mol. The summed E-state index contributed by atoms with van der Waals surface area (Å²) in [5.41, 5.74) is -0.0758. The molecule has 0 heterocycles. The fourth-order valence-electron chi connectivity index (χ4n) is 4.61. The van der Waals surface area contributed by atoms with Crippen LogP contribution in [0.25, 0.3) is 0 Å². The third kappa shape index (κ3) is 3.80. The first-order chi connectivity index (χ1) is 9.93. The highest BCUT2D eigenvalue weighted by Crippen LogP contribution is 2.42. The van der Waals surface area contributed by atoms with Gasteiger partial charge in [0.05, 0.1) is 10.9 Å². The molecular formula is C16H31NO3S. The summed E-state index contributed by atoms with van der Waals surface area (Å²) in [6.07, 6.45) is 9.80. The Kier molecular flexibility index (Phi) is 5.71. The summed E-state index contributed by atoms with van der Waals surface area (Å²) in [5, 5.41) is 3.33. The third-order valence-electron chi connectivity index (χ3n) is 5.50. The first-order valence-electron chi connectivity index (χ1n) is 8.43. The molecule has 0 aromatic heterocycles. The van der Waals surface area contributed by atoms with Crippen LogP contribution in [0.15, 0.2) is 0 Å². The van der Waals surface area contributed by atoms with Crippen LogP contribution >= 0.6 is 0 Å². The Balaban J connectivity index is 2.16. The average Bonchev–Trinajstić information content (AvgIpc) is 2.89. The first kappa shape index (κ1) is 17.2. The van der Waals surface area contributed by atoms with Gasteiger partial charge >= 0.3 is 0 Å². The monoisotopic (exact) mass is 317 g/mol. The van der Waals surface area contributed by atoms with E-state index in [1.54, 1.807) is 0 Å². The van der Waals surface area contributed by atoms with E-state index in [2.05, 4.69) is 12.2 Å². The van der Waals surface area contributed by atoms with E-state index in [-0.39, 0.29) is 16.9 Å². The Morgan fingerprint density at radius 1 is 1.24 bits per heavy atom. The third-order valence-corrected chi connectivity index (χ3v) is 7.14. The molecule has 4 nitrogen and oxygen atoms in total. The molecule has 21 heavy (non-hydrogen) atoms. The lowest BCUT2D eigenvalue weighted by molar-refractivity contribution is -0.0769. The molecule has 0 spiro atoms. The number of sulfone groups is 1. The van der Waals surface area contributed by atoms with Crippen molar-refractivity contribution in [1.82, 2.24) is 5.32 Å². The van der Waals surface area contributed by atoms with Crippen molar-refractivity contribution in [3.05, 3.63) is 0 Å². The van der Waals surface area contributed by atoms with Gasteiger partial charge in [0.1, 0.15) is 9.84 Å². The second-order valence-electron chi connectivity index (χ2n) is 6.85. The van der Waals surface area contributed by atoms with Crippen LogP contribution in [0.4, 0.5) is 0 Å². The standard InChI is InChI=1S/C16H31NO3S/c1-4-20-16(10-5-6-11-16)15(17-2)13-8-7-9-14(12-13)21(3,18)19/h13-15,17H,4-12H2,1-3H3. The maximum atomic E-state index is 11.9. The van der Waals surface area contributed by atoms with E-state index < -0.39 is 9.84 Å². The SMILES string of the molecule is CCOC1(C(NC)C2CCCC(S(C)(=O)=O)C2)CCCC1. The van der Waals surface area contributed by atoms with Crippen molar-refractivity contribution in [1.29, 1.82) is 0 Å². The van der Waals surface area contributed by atoms with E-state index in [9.17, 15) is 8.42 Å². The van der Waals surface area contributed by atoms with Gasteiger partial charge in [-0.05, 0) is 52.0 Å². The van der Waals surface area contributed by atoms with Crippen molar-refractivity contribution in [2.45, 2.75) is 75.2 Å². The van der Waals surface area contributed by atoms with Gasteiger partial charge in [-0.2, -0.15) is 0 Å². The van der Waals surface area contributed by atoms with Crippen LogP contribution in [0.2, 0.25) is 0 Å². The Hall–Kier alpha value is -0.130. The topological polar surface area (TPSA) is 55.4 Å². The van der Waals surface area contributed by atoms with Crippen molar-refractivity contribution >= 4 is 9.84 Å². The molecule has 2 saturated carbocycles. The van der Waals surface area contributed by atoms with Crippen LogP contribution in [-0.2, 0) is 14.6 Å². The minimum Gasteiger partial charge on any atom is -0.374 e. The molecule has 0 radical (unpaired) electrons. The molecule has 1 N–H and O–H groups in total. The fraction of sp³-hybridized carbons (Fsp3) is 1.00. The maximum Gasteiger partial charge on any atom is 0.150 e. The minimum absolute atomic E-state index is 0.0758. The van der Waals surface area contributed by atoms with Gasteiger partial charge in [0, 0.05) is 18.9 Å². The fourth-order valence-corrected chi connectivity index (χ4v) is 5.80. The smallest absolute Gasteiger partial charge is 0.150 e. The van der Waals surface area contributed by atoms with Crippen LogP contribution in [0.1, 0.15) is 58.3 Å². The lowest BCUT2D eigenvalue weighted by Gasteiger charge is -2.44. The number of nitrogens with one attached hydrogen (secondary N) is 1. The maximum absolute atomic E-state index is 11.9. The number of hydrogen-bond donors (Lipinski definition) is 1. The summed E-state index contributed by atoms with van der Waals surface area (Å²) in [7, 11) is -0.917. The predicted octanol–water partition coefficient (Wildman–Crippen LogP) is 2.53. The molecule has 124 valence electrons. The highest BCUT2D eigenvalue weighted by atomic mass is 32.2. The molecule has 0 saturated heterocycles. The number of ether oxygens (including phenoxy) is 1. The Bertz CT molecular complexity index is 429. The average molecular weight is 317 g/mol. The zero-order valence-electron chi connectivity index (χ0n) is 13.7. The zero-order valence-corrected chi connectivity index (χ0v) is 14.5. The summed E-state index contributed by atoms with van der Waals surface area (Å²) < 4.78 is 30.0. The van der Waals surface area contributed by atoms with Crippen molar-refractivity contribution in [3.8, 4) is 0 Å². The van der Waals surface area contributed by atoms with E-state index in [4.69, 9.17) is 4.74 Å². The lowest BCUT2D eigenvalue weighted by atomic mass is 9.75.